The summed E-state index contributed by atoms with van der Waals surface area (Å²) < 4.78 is 157. The number of nitrogens with two attached hydrogens (primary N) is 2. The van der Waals surface area contributed by atoms with Crippen LogP contribution in [0.4, 0.5) is 34.4 Å². The smallest absolute Gasteiger partial charge is 0.397 e. The average Bonchev–Trinajstić information content (AvgIpc) is 2.97. The summed E-state index contributed by atoms with van der Waals surface area (Å²) in [5, 5.41) is 15.3. The molecule has 0 amide bonds. The van der Waals surface area contributed by atoms with Crippen LogP contribution in [0.15, 0.2) is 77.6 Å². The van der Waals surface area contributed by atoms with Crippen LogP contribution in [0.25, 0.3) is 0 Å². The first kappa shape index (κ1) is 40.2. The molecule has 274 valence electrons. The third kappa shape index (κ3) is 11.4. The number of aromatic nitrogens is 1. The average molecular weight is 804 g/mol. The summed E-state index contributed by atoms with van der Waals surface area (Å²) >= 11 is 0. The van der Waals surface area contributed by atoms with E-state index in [2.05, 4.69) is 33.8 Å². The van der Waals surface area contributed by atoms with Gasteiger partial charge in [0.1, 0.15) is 33.4 Å². The number of ether oxygens (including phenoxy) is 1. The van der Waals surface area contributed by atoms with Crippen molar-refractivity contribution in [1.29, 1.82) is 0 Å². The van der Waals surface area contributed by atoms with Crippen molar-refractivity contribution in [2.24, 2.45) is 20.5 Å². The Balaban J connectivity index is 1.96. The topological polar surface area (TPSA) is 373 Å². The molecule has 28 heteroatoms. The minimum atomic E-state index is -5.15. The van der Waals surface area contributed by atoms with Crippen LogP contribution in [0.1, 0.15) is 0 Å². The zero-order valence-electron chi connectivity index (χ0n) is 25.0. The third-order valence-electron chi connectivity index (χ3n) is 5.82. The summed E-state index contributed by atoms with van der Waals surface area (Å²) in [6.45, 7) is -1.90. The van der Waals surface area contributed by atoms with E-state index in [1.54, 1.807) is 0 Å². The van der Waals surface area contributed by atoms with Gasteiger partial charge >= 0.3 is 20.8 Å². The van der Waals surface area contributed by atoms with Crippen LogP contribution in [0.5, 0.6) is 5.75 Å². The molecule has 0 radical (unpaired) electrons. The lowest BCUT2D eigenvalue weighted by Gasteiger charge is -2.09. The highest BCUT2D eigenvalue weighted by atomic mass is 32.3. The van der Waals surface area contributed by atoms with Gasteiger partial charge in [0, 0.05) is 6.07 Å². The second-order valence-corrected chi connectivity index (χ2v) is 17.1. The van der Waals surface area contributed by atoms with Crippen LogP contribution in [0, 0.1) is 0 Å². The molecule has 0 aliphatic heterocycles. The number of pyridine rings is 1. The molecule has 1 aromatic heterocycles. The maximum absolute atomic E-state index is 12.6. The zero-order chi connectivity index (χ0) is 37.7. The van der Waals surface area contributed by atoms with Gasteiger partial charge in [0.25, 0.3) is 10.1 Å². The first-order valence-electron chi connectivity index (χ1n) is 12.8. The molecule has 0 spiro atoms. The summed E-state index contributed by atoms with van der Waals surface area (Å²) in [4.78, 5) is 1.74. The maximum Gasteiger partial charge on any atom is 0.397 e. The molecule has 50 heavy (non-hydrogen) atoms. The van der Waals surface area contributed by atoms with Gasteiger partial charge in [-0.1, -0.05) is 0 Å². The number of hydrogen-bond donors (Lipinski definition) is 5. The van der Waals surface area contributed by atoms with Crippen LogP contribution in [-0.2, 0) is 59.0 Å². The fourth-order valence-electron chi connectivity index (χ4n) is 3.55. The number of nitrogen functional groups attached to an aromatic ring is 2. The molecule has 3 aromatic rings. The van der Waals surface area contributed by atoms with E-state index in [1.165, 1.54) is 13.2 Å². The molecule has 0 saturated heterocycles. The van der Waals surface area contributed by atoms with Gasteiger partial charge in [-0.25, -0.2) is 30.2 Å². The summed E-state index contributed by atoms with van der Waals surface area (Å²) in [5.41, 5.74) is 10.4. The summed E-state index contributed by atoms with van der Waals surface area (Å²) in [6.07, 6.45) is 0. The number of anilines is 2. The van der Waals surface area contributed by atoms with Crippen LogP contribution in [0.2, 0.25) is 0 Å². The molecular formula is C22H25N7O16S5. The number of sulfone groups is 2. The highest BCUT2D eigenvalue weighted by molar-refractivity contribution is 7.92. The normalized spacial score (nSPS) is 13.3. The van der Waals surface area contributed by atoms with Gasteiger partial charge in [0.05, 0.1) is 41.6 Å². The van der Waals surface area contributed by atoms with Gasteiger partial charge in [0.15, 0.2) is 31.3 Å². The van der Waals surface area contributed by atoms with E-state index in [9.17, 15) is 46.6 Å². The number of azo groups is 2. The van der Waals surface area contributed by atoms with E-state index >= 15 is 0 Å². The lowest BCUT2D eigenvalue weighted by Crippen LogP contribution is -2.16. The Labute approximate surface area is 284 Å². The van der Waals surface area contributed by atoms with Crippen molar-refractivity contribution in [3.05, 3.63) is 42.5 Å². The molecule has 0 unspecified atom stereocenters. The van der Waals surface area contributed by atoms with Crippen molar-refractivity contribution in [2.45, 2.75) is 14.7 Å². The highest BCUT2D eigenvalue weighted by Crippen LogP contribution is 2.36. The van der Waals surface area contributed by atoms with Gasteiger partial charge in [-0.05, 0) is 36.4 Å². The fourth-order valence-corrected chi connectivity index (χ4v) is 7.29. The van der Waals surface area contributed by atoms with Gasteiger partial charge in [-0.15, -0.1) is 20.5 Å². The summed E-state index contributed by atoms with van der Waals surface area (Å²) in [6, 6.07) is 6.65. The van der Waals surface area contributed by atoms with E-state index in [0.717, 1.165) is 30.3 Å². The van der Waals surface area contributed by atoms with E-state index in [4.69, 9.17) is 25.3 Å². The van der Waals surface area contributed by atoms with Crippen molar-refractivity contribution in [3.63, 3.8) is 0 Å². The minimum absolute atomic E-state index is 0.0259. The van der Waals surface area contributed by atoms with E-state index in [-0.39, 0.29) is 39.3 Å². The second-order valence-electron chi connectivity index (χ2n) is 9.27. The Morgan fingerprint density at radius 2 is 1.06 bits per heavy atom. The number of benzene rings is 2. The number of hydrogen-bond acceptors (Lipinski definition) is 20. The van der Waals surface area contributed by atoms with Crippen molar-refractivity contribution in [2.75, 3.05) is 43.3 Å². The van der Waals surface area contributed by atoms with Crippen molar-refractivity contribution >= 4 is 85.0 Å². The Morgan fingerprint density at radius 3 is 1.52 bits per heavy atom. The van der Waals surface area contributed by atoms with Crippen LogP contribution in [0.3, 0.4) is 0 Å². The van der Waals surface area contributed by atoms with E-state index in [1.807, 2.05) is 0 Å². The first-order chi connectivity index (χ1) is 22.9. The second kappa shape index (κ2) is 15.3. The fraction of sp³-hybridized carbons (Fsp3) is 0.227. The molecule has 2 aromatic carbocycles. The lowest BCUT2D eigenvalue weighted by atomic mass is 10.3. The number of methoxy groups -OCH3 is 1. The maximum atomic E-state index is 12.6. The molecule has 1 heterocycles. The summed E-state index contributed by atoms with van der Waals surface area (Å²) in [7, 11) is -22.3. The zero-order valence-corrected chi connectivity index (χ0v) is 29.0. The largest absolute Gasteiger partial charge is 0.494 e. The molecule has 3 rings (SSSR count). The van der Waals surface area contributed by atoms with Crippen LogP contribution >= 0.6 is 0 Å². The molecular weight excluding hydrogens is 779 g/mol. The summed E-state index contributed by atoms with van der Waals surface area (Å²) in [5.74, 6) is -2.52. The van der Waals surface area contributed by atoms with Gasteiger partial charge in [-0.2, -0.15) is 25.3 Å². The molecule has 0 aliphatic carbocycles. The molecule has 0 fully saturated rings. The third-order valence-corrected chi connectivity index (χ3v) is 11.0. The minimum Gasteiger partial charge on any atom is -0.494 e. The predicted molar refractivity (Wildman–Crippen MR) is 170 cm³/mol. The van der Waals surface area contributed by atoms with Crippen molar-refractivity contribution < 1.29 is 68.9 Å². The standard InChI is InChI=1S/C22H25N7O16S5/c1-43-19-5-3-13(46(30,31)8-6-44-49(37,38)39)10-16(19)27-29-18-12-17(21(23)25-22(18)24)28-26-15-4-2-14(11-20(15)48(34,35)36)47(32,33)9-7-45-50(40,41)42/h2-5,10-12H,6-9H2,1H3,(H4,23,24,25)(H,34,35,36)(H,37,38,39)(H,40,41,42). The molecule has 0 saturated carbocycles. The van der Waals surface area contributed by atoms with Crippen LogP contribution in [-0.4, -0.2) is 92.6 Å². The Kier molecular flexibility index (Phi) is 12.3. The molecule has 0 atom stereocenters. The number of nitrogens with zero attached hydrogens (tertiary/aromatic N) is 5. The quantitative estimate of drug-likeness (QED) is 0.101. The van der Waals surface area contributed by atoms with Crippen molar-refractivity contribution in [1.82, 2.24) is 4.98 Å². The van der Waals surface area contributed by atoms with Crippen LogP contribution < -0.4 is 16.2 Å². The van der Waals surface area contributed by atoms with Gasteiger partial charge < -0.3 is 16.2 Å². The molecule has 0 aliphatic rings. The first-order valence-corrected chi connectivity index (χ1v) is 20.3. The van der Waals surface area contributed by atoms with Gasteiger partial charge in [0.2, 0.25) is 0 Å². The van der Waals surface area contributed by atoms with E-state index in [0.29, 0.717) is 6.07 Å². The monoisotopic (exact) mass is 803 g/mol. The Morgan fingerprint density at radius 1 is 0.620 bits per heavy atom. The predicted octanol–water partition coefficient (Wildman–Crippen LogP) is 1.52. The highest BCUT2D eigenvalue weighted by Gasteiger charge is 2.23. The molecule has 7 N–H and O–H groups in total. The van der Waals surface area contributed by atoms with E-state index < -0.39 is 90.8 Å². The molecule has 23 nitrogen and oxygen atoms in total. The van der Waals surface area contributed by atoms with Gasteiger partial charge in [-0.3, -0.25) is 13.7 Å². The lowest BCUT2D eigenvalue weighted by molar-refractivity contribution is 0.282. The SMILES string of the molecule is COc1ccc(S(=O)(=O)CCOS(=O)(=O)O)cc1N=Nc1cc(N=Nc2ccc(S(=O)(=O)CCOS(=O)(=O)O)cc2S(=O)(=O)O)c(N)nc1N. The Hall–Kier alpha value is -4.26. The number of rotatable bonds is 16. The Bertz CT molecular complexity index is 2400. The molecule has 0 bridgehead atoms. The van der Waals surface area contributed by atoms with Crippen molar-refractivity contribution in [3.8, 4) is 5.75 Å².